The fourth-order valence-electron chi connectivity index (χ4n) is 10.2. The number of aliphatic hydroxyl groups excluding tert-OH is 1. The highest BCUT2D eigenvalue weighted by atomic mass is 16.6. The van der Waals surface area contributed by atoms with E-state index in [4.69, 9.17) is 4.74 Å². The van der Waals surface area contributed by atoms with E-state index in [0.717, 1.165) is 55.3 Å². The number of hydrogen-bond donors (Lipinski definition) is 1. The van der Waals surface area contributed by atoms with Crippen LogP contribution in [0.2, 0.25) is 0 Å². The van der Waals surface area contributed by atoms with Gasteiger partial charge in [0.2, 0.25) is 0 Å². The molecule has 0 aromatic carbocycles. The van der Waals surface area contributed by atoms with E-state index in [1.807, 2.05) is 0 Å². The summed E-state index contributed by atoms with van der Waals surface area (Å²) in [6, 6.07) is 0. The van der Waals surface area contributed by atoms with Crippen LogP contribution in [0.4, 0.5) is 0 Å². The topological polar surface area (TPSA) is 49.8 Å². The van der Waals surface area contributed by atoms with Crippen LogP contribution >= 0.6 is 0 Å². The predicted molar refractivity (Wildman–Crippen MR) is 128 cm³/mol. The second kappa shape index (κ2) is 8.08. The smallest absolute Gasteiger partial charge is 0.130 e. The second-order valence-corrected chi connectivity index (χ2v) is 13.6. The third-order valence-electron chi connectivity index (χ3n) is 11.8. The number of hydrogen-bond acceptors (Lipinski definition) is 3. The first-order valence-electron chi connectivity index (χ1n) is 14.0. The normalized spacial score (nSPS) is 51.1. The van der Waals surface area contributed by atoms with Crippen molar-refractivity contribution in [3.8, 4) is 0 Å². The van der Waals surface area contributed by atoms with Crippen molar-refractivity contribution in [1.29, 1.82) is 0 Å². The van der Waals surface area contributed by atoms with Gasteiger partial charge in [0.05, 0.1) is 12.2 Å². The molecule has 3 nitrogen and oxygen atoms in total. The number of Topliss-reactive ketones (excluding diaryl/α,β-unsaturated/α-hetero) is 1. The molecule has 32 heavy (non-hydrogen) atoms. The van der Waals surface area contributed by atoms with Gasteiger partial charge in [-0.1, -0.05) is 47.0 Å². The van der Waals surface area contributed by atoms with E-state index in [0.29, 0.717) is 23.2 Å². The molecule has 0 radical (unpaired) electrons. The molecule has 1 aliphatic heterocycles. The SMILES string of the molecule is CC(=O)CC(C)CCC[C@@H](C)[C@H]1CC[C@H]2[C@@H]3CC4OC45C[C@@H](O)CC[C@]5(C)[C@H]3CC[C@]12C. The van der Waals surface area contributed by atoms with Gasteiger partial charge < -0.3 is 14.6 Å². The summed E-state index contributed by atoms with van der Waals surface area (Å²) in [5, 5.41) is 10.4. The summed E-state index contributed by atoms with van der Waals surface area (Å²) < 4.78 is 6.51. The standard InChI is InChI=1S/C29H48O3/c1-18(15-20(3)30)7-6-8-19(2)23-9-10-24-22-16-26-29(32-26)17-21(31)11-14-28(29,5)25(22)12-13-27(23,24)4/h18-19,21-26,31H,6-17H2,1-5H3/t18?,19-,21+,22+,23-,24+,25+,26?,27-,28-,29?/m1/s1. The molecule has 1 heterocycles. The highest BCUT2D eigenvalue weighted by molar-refractivity contribution is 5.75. The summed E-state index contributed by atoms with van der Waals surface area (Å²) in [6.45, 7) is 11.7. The second-order valence-electron chi connectivity index (χ2n) is 13.6. The van der Waals surface area contributed by atoms with Crippen molar-refractivity contribution >= 4 is 5.78 Å². The van der Waals surface area contributed by atoms with Gasteiger partial charge in [-0.15, -0.1) is 0 Å². The van der Waals surface area contributed by atoms with Crippen molar-refractivity contribution < 1.29 is 14.6 Å². The van der Waals surface area contributed by atoms with Crippen LogP contribution in [0.3, 0.4) is 0 Å². The monoisotopic (exact) mass is 444 g/mol. The summed E-state index contributed by atoms with van der Waals surface area (Å²) in [4.78, 5) is 11.4. The first kappa shape index (κ1) is 23.3. The van der Waals surface area contributed by atoms with Gasteiger partial charge in [-0.05, 0) is 92.8 Å². The van der Waals surface area contributed by atoms with Crippen LogP contribution in [0.25, 0.3) is 0 Å². The third-order valence-corrected chi connectivity index (χ3v) is 11.8. The molecule has 5 aliphatic rings. The van der Waals surface area contributed by atoms with E-state index in [2.05, 4.69) is 27.7 Å². The maximum atomic E-state index is 11.4. The average Bonchev–Trinajstić information content (AvgIpc) is 3.28. The van der Waals surface area contributed by atoms with Gasteiger partial charge in [-0.3, -0.25) is 0 Å². The van der Waals surface area contributed by atoms with E-state index in [9.17, 15) is 9.90 Å². The zero-order valence-corrected chi connectivity index (χ0v) is 21.4. The fraction of sp³-hybridized carbons (Fsp3) is 0.966. The van der Waals surface area contributed by atoms with Crippen LogP contribution in [-0.2, 0) is 9.53 Å². The van der Waals surface area contributed by atoms with Crippen LogP contribution in [0.5, 0.6) is 0 Å². The van der Waals surface area contributed by atoms with Crippen LogP contribution in [0.15, 0.2) is 0 Å². The van der Waals surface area contributed by atoms with Gasteiger partial charge in [0.25, 0.3) is 0 Å². The van der Waals surface area contributed by atoms with E-state index in [-0.39, 0.29) is 17.1 Å². The molecule has 3 unspecified atom stereocenters. The van der Waals surface area contributed by atoms with Gasteiger partial charge in [0, 0.05) is 18.3 Å². The highest BCUT2D eigenvalue weighted by Crippen LogP contribution is 2.74. The summed E-state index contributed by atoms with van der Waals surface area (Å²) in [5.74, 6) is 5.05. The van der Waals surface area contributed by atoms with Crippen molar-refractivity contribution in [2.45, 2.75) is 129 Å². The quantitative estimate of drug-likeness (QED) is 0.452. The van der Waals surface area contributed by atoms with Crippen molar-refractivity contribution in [3.05, 3.63) is 0 Å². The number of rotatable bonds is 7. The van der Waals surface area contributed by atoms with E-state index in [1.165, 1.54) is 51.4 Å². The number of ketones is 1. The first-order chi connectivity index (χ1) is 15.1. The molecular weight excluding hydrogens is 396 g/mol. The molecule has 1 N–H and O–H groups in total. The lowest BCUT2D eigenvalue weighted by atomic mass is 9.44. The molecule has 182 valence electrons. The molecule has 5 rings (SSSR count). The summed E-state index contributed by atoms with van der Waals surface area (Å²) >= 11 is 0. The zero-order chi connectivity index (χ0) is 22.9. The number of fused-ring (bicyclic) bond motifs is 4. The molecule has 0 aromatic rings. The Morgan fingerprint density at radius 3 is 2.59 bits per heavy atom. The molecule has 1 saturated heterocycles. The van der Waals surface area contributed by atoms with E-state index < -0.39 is 0 Å². The molecule has 4 saturated carbocycles. The van der Waals surface area contributed by atoms with Crippen LogP contribution in [0.1, 0.15) is 112 Å². The molecule has 4 aliphatic carbocycles. The summed E-state index contributed by atoms with van der Waals surface area (Å²) in [6.07, 6.45) is 14.7. The molecule has 5 fully saturated rings. The Labute approximate surface area is 196 Å². The van der Waals surface area contributed by atoms with Gasteiger partial charge in [0.1, 0.15) is 11.4 Å². The number of epoxide rings is 1. The minimum absolute atomic E-state index is 0.0153. The van der Waals surface area contributed by atoms with Gasteiger partial charge in [-0.25, -0.2) is 0 Å². The number of carbonyl (C=O) groups is 1. The zero-order valence-electron chi connectivity index (χ0n) is 21.4. The fourth-order valence-corrected chi connectivity index (χ4v) is 10.2. The molecule has 0 aromatic heterocycles. The maximum absolute atomic E-state index is 11.4. The number of carbonyl (C=O) groups excluding carboxylic acids is 1. The molecule has 0 amide bonds. The lowest BCUT2D eigenvalue weighted by Gasteiger charge is -2.59. The Kier molecular flexibility index (Phi) is 5.89. The number of ether oxygens (including phenoxy) is 1. The molecule has 11 atom stereocenters. The number of aliphatic hydroxyl groups is 1. The summed E-state index contributed by atoms with van der Waals surface area (Å²) in [5.41, 5.74) is 0.810. The van der Waals surface area contributed by atoms with E-state index in [1.54, 1.807) is 6.92 Å². The van der Waals surface area contributed by atoms with Gasteiger partial charge in [-0.2, -0.15) is 0 Å². The first-order valence-corrected chi connectivity index (χ1v) is 14.0. The largest absolute Gasteiger partial charge is 0.393 e. The van der Waals surface area contributed by atoms with Crippen molar-refractivity contribution in [1.82, 2.24) is 0 Å². The average molecular weight is 445 g/mol. The Morgan fingerprint density at radius 1 is 1.06 bits per heavy atom. The Balaban J connectivity index is 1.25. The lowest BCUT2D eigenvalue weighted by molar-refractivity contribution is -0.117. The lowest BCUT2D eigenvalue weighted by Crippen LogP contribution is -2.58. The molecule has 0 bridgehead atoms. The van der Waals surface area contributed by atoms with E-state index >= 15 is 0 Å². The molecule has 1 spiro atoms. The highest BCUT2D eigenvalue weighted by Gasteiger charge is 2.76. The molecule has 3 heteroatoms. The minimum atomic E-state index is -0.145. The van der Waals surface area contributed by atoms with Crippen LogP contribution in [-0.4, -0.2) is 28.7 Å². The van der Waals surface area contributed by atoms with Crippen LogP contribution < -0.4 is 0 Å². The third kappa shape index (κ3) is 3.46. The maximum Gasteiger partial charge on any atom is 0.130 e. The predicted octanol–water partition coefficient (Wildman–Crippen LogP) is 6.56. The summed E-state index contributed by atoms with van der Waals surface area (Å²) in [7, 11) is 0. The van der Waals surface area contributed by atoms with Crippen molar-refractivity contribution in [2.75, 3.05) is 0 Å². The van der Waals surface area contributed by atoms with Gasteiger partial charge >= 0.3 is 0 Å². The Hall–Kier alpha value is -0.410. The van der Waals surface area contributed by atoms with Crippen molar-refractivity contribution in [2.24, 2.45) is 46.3 Å². The van der Waals surface area contributed by atoms with Crippen molar-refractivity contribution in [3.63, 3.8) is 0 Å². The Bertz CT molecular complexity index is 734. The minimum Gasteiger partial charge on any atom is -0.393 e. The Morgan fingerprint density at radius 2 is 1.84 bits per heavy atom. The van der Waals surface area contributed by atoms with Gasteiger partial charge in [0.15, 0.2) is 0 Å². The molecular formula is C29H48O3. The van der Waals surface area contributed by atoms with Crippen LogP contribution in [0, 0.1) is 46.3 Å².